The van der Waals surface area contributed by atoms with Crippen LogP contribution in [0.1, 0.15) is 34.1 Å². The van der Waals surface area contributed by atoms with E-state index in [1.807, 2.05) is 36.4 Å². The molecule has 0 fully saturated rings. The Balaban J connectivity index is 1.44. The topological polar surface area (TPSA) is 62.3 Å². The zero-order valence-electron chi connectivity index (χ0n) is 17.4. The maximum atomic E-state index is 13.2. The third-order valence-electron chi connectivity index (χ3n) is 6.08. The van der Waals surface area contributed by atoms with E-state index < -0.39 is 0 Å². The number of Topliss-reactive ketones (excluding diaryl/α,β-unsaturated/α-hetero) is 1. The number of ether oxygens (including phenoxy) is 3. The number of carbonyl (C=O) groups excluding carboxylic acids is 1. The molecule has 3 aromatic rings. The van der Waals surface area contributed by atoms with Gasteiger partial charge in [-0.25, -0.2) is 0 Å². The standard InChI is InChI=1S/C24H22BrNO5/c1-26-10-9-15-11-21-23(30-13-29-21)24(28-2)22(15)17(26)12-18(27)20-8-7-19(31-20)14-3-5-16(25)6-4-14/h3-8,11,17H,9-10,12-13H2,1-2H3/p+1/t17-/m1/s1. The number of hydrogen-bond donors (Lipinski definition) is 1. The van der Waals surface area contributed by atoms with Gasteiger partial charge in [0.2, 0.25) is 18.3 Å². The first-order valence-corrected chi connectivity index (χ1v) is 11.0. The molecule has 0 saturated heterocycles. The molecule has 0 aliphatic carbocycles. The Hall–Kier alpha value is -2.77. The fraction of sp³-hybridized carbons (Fsp3) is 0.292. The number of carbonyl (C=O) groups is 1. The zero-order chi connectivity index (χ0) is 21.5. The van der Waals surface area contributed by atoms with Crippen molar-refractivity contribution in [1.82, 2.24) is 0 Å². The Labute approximate surface area is 188 Å². The molecule has 1 unspecified atom stereocenters. The highest BCUT2D eigenvalue weighted by Gasteiger charge is 2.38. The van der Waals surface area contributed by atoms with Crippen molar-refractivity contribution < 1.29 is 28.3 Å². The van der Waals surface area contributed by atoms with Crippen molar-refractivity contribution in [2.75, 3.05) is 27.5 Å². The van der Waals surface area contributed by atoms with Gasteiger partial charge in [0.1, 0.15) is 11.8 Å². The lowest BCUT2D eigenvalue weighted by Gasteiger charge is -2.32. The van der Waals surface area contributed by atoms with Crippen LogP contribution in [-0.4, -0.2) is 33.3 Å². The van der Waals surface area contributed by atoms with Crippen LogP contribution in [0.3, 0.4) is 0 Å². The van der Waals surface area contributed by atoms with Crippen molar-refractivity contribution in [3.63, 3.8) is 0 Å². The Morgan fingerprint density at radius 3 is 2.77 bits per heavy atom. The van der Waals surface area contributed by atoms with E-state index in [2.05, 4.69) is 23.0 Å². The number of nitrogens with one attached hydrogen (secondary N) is 1. The Bertz CT molecular complexity index is 1140. The lowest BCUT2D eigenvalue weighted by atomic mass is 9.88. The van der Waals surface area contributed by atoms with Gasteiger partial charge in [0, 0.05) is 16.5 Å². The molecule has 0 amide bonds. The summed E-state index contributed by atoms with van der Waals surface area (Å²) in [4.78, 5) is 14.5. The van der Waals surface area contributed by atoms with Crippen LogP contribution in [0, 0.1) is 0 Å². The average Bonchev–Trinajstić information content (AvgIpc) is 3.44. The molecule has 2 atom stereocenters. The van der Waals surface area contributed by atoms with E-state index in [-0.39, 0.29) is 18.6 Å². The van der Waals surface area contributed by atoms with Crippen LogP contribution in [0.4, 0.5) is 0 Å². The molecule has 3 heterocycles. The summed E-state index contributed by atoms with van der Waals surface area (Å²) in [7, 11) is 3.75. The van der Waals surface area contributed by atoms with E-state index in [1.165, 1.54) is 4.90 Å². The van der Waals surface area contributed by atoms with Gasteiger partial charge in [-0.05, 0) is 35.9 Å². The number of halogens is 1. The quantitative estimate of drug-likeness (QED) is 0.557. The monoisotopic (exact) mass is 484 g/mol. The molecule has 0 spiro atoms. The second kappa shape index (κ2) is 8.05. The number of ketones is 1. The Morgan fingerprint density at radius 2 is 2.00 bits per heavy atom. The van der Waals surface area contributed by atoms with E-state index in [1.54, 1.807) is 13.2 Å². The van der Waals surface area contributed by atoms with Crippen LogP contribution in [0.5, 0.6) is 17.2 Å². The molecule has 0 bridgehead atoms. The van der Waals surface area contributed by atoms with Gasteiger partial charge in [-0.3, -0.25) is 4.79 Å². The molecule has 1 aromatic heterocycles. The zero-order valence-corrected chi connectivity index (χ0v) is 19.0. The minimum Gasteiger partial charge on any atom is -0.492 e. The van der Waals surface area contributed by atoms with E-state index in [0.29, 0.717) is 35.2 Å². The van der Waals surface area contributed by atoms with E-state index in [9.17, 15) is 4.79 Å². The number of furan rings is 1. The van der Waals surface area contributed by atoms with Crippen molar-refractivity contribution in [3.8, 4) is 28.6 Å². The van der Waals surface area contributed by atoms with Gasteiger partial charge in [-0.15, -0.1) is 0 Å². The highest BCUT2D eigenvalue weighted by Crippen LogP contribution is 2.48. The summed E-state index contributed by atoms with van der Waals surface area (Å²) in [5.74, 6) is 3.05. The SMILES string of the molecule is COc1c2c(cc3c1[C@@H](CC(=O)c1ccc(-c4ccc(Br)cc4)o1)[NH+](C)CC3)OCO2. The van der Waals surface area contributed by atoms with Crippen molar-refractivity contribution >= 4 is 21.7 Å². The van der Waals surface area contributed by atoms with Gasteiger partial charge in [0.15, 0.2) is 17.3 Å². The molecule has 2 aliphatic heterocycles. The lowest BCUT2D eigenvalue weighted by molar-refractivity contribution is -0.913. The molecule has 2 aromatic carbocycles. The van der Waals surface area contributed by atoms with Gasteiger partial charge < -0.3 is 23.5 Å². The first-order chi connectivity index (χ1) is 15.0. The second-order valence-corrected chi connectivity index (χ2v) is 8.83. The van der Waals surface area contributed by atoms with Crippen LogP contribution >= 0.6 is 15.9 Å². The average molecular weight is 485 g/mol. The van der Waals surface area contributed by atoms with Crippen LogP contribution < -0.4 is 19.1 Å². The molecule has 2 aliphatic rings. The number of likely N-dealkylation sites (N-methyl/N-ethyl adjacent to an activating group) is 1. The smallest absolute Gasteiger partial charge is 0.231 e. The van der Waals surface area contributed by atoms with Gasteiger partial charge in [-0.2, -0.15) is 0 Å². The number of fused-ring (bicyclic) bond motifs is 2. The predicted octanol–water partition coefficient (Wildman–Crippen LogP) is 3.83. The normalized spacial score (nSPS) is 19.2. The third-order valence-corrected chi connectivity index (χ3v) is 6.61. The first kappa shape index (κ1) is 20.2. The number of benzene rings is 2. The molecular weight excluding hydrogens is 462 g/mol. The molecule has 0 saturated carbocycles. The Morgan fingerprint density at radius 1 is 1.19 bits per heavy atom. The summed E-state index contributed by atoms with van der Waals surface area (Å²) in [5.41, 5.74) is 3.12. The molecule has 1 N–H and O–H groups in total. The summed E-state index contributed by atoms with van der Waals surface area (Å²) in [6.45, 7) is 1.11. The largest absolute Gasteiger partial charge is 0.492 e. The van der Waals surface area contributed by atoms with Crippen LogP contribution in [0.2, 0.25) is 0 Å². The number of quaternary nitrogens is 1. The number of hydrogen-bond acceptors (Lipinski definition) is 5. The number of rotatable bonds is 5. The summed E-state index contributed by atoms with van der Waals surface area (Å²) in [6, 6.07) is 13.4. The second-order valence-electron chi connectivity index (χ2n) is 7.91. The van der Waals surface area contributed by atoms with Crippen LogP contribution in [0.25, 0.3) is 11.3 Å². The molecule has 7 heteroatoms. The first-order valence-electron chi connectivity index (χ1n) is 10.3. The number of methoxy groups -OCH3 is 1. The fourth-order valence-corrected chi connectivity index (χ4v) is 4.70. The van der Waals surface area contributed by atoms with Crippen molar-refractivity contribution in [2.45, 2.75) is 18.9 Å². The Kier molecular flexibility index (Phi) is 5.24. The third kappa shape index (κ3) is 3.62. The van der Waals surface area contributed by atoms with Gasteiger partial charge in [-0.1, -0.05) is 28.1 Å². The molecule has 31 heavy (non-hydrogen) atoms. The van der Waals surface area contributed by atoms with Gasteiger partial charge in [0.25, 0.3) is 0 Å². The van der Waals surface area contributed by atoms with Gasteiger partial charge >= 0.3 is 0 Å². The fourth-order valence-electron chi connectivity index (χ4n) is 4.44. The van der Waals surface area contributed by atoms with Crippen molar-refractivity contribution in [2.24, 2.45) is 0 Å². The highest BCUT2D eigenvalue weighted by atomic mass is 79.9. The van der Waals surface area contributed by atoms with Crippen LogP contribution in [0.15, 0.2) is 51.4 Å². The lowest BCUT2D eigenvalue weighted by Crippen LogP contribution is -3.10. The molecular formula is C24H23BrNO5+. The molecule has 160 valence electrons. The summed E-state index contributed by atoms with van der Waals surface area (Å²) < 4.78 is 23.9. The molecule has 0 radical (unpaired) electrons. The highest BCUT2D eigenvalue weighted by molar-refractivity contribution is 9.10. The molecule has 5 rings (SSSR count). The van der Waals surface area contributed by atoms with Gasteiger partial charge in [0.05, 0.1) is 32.7 Å². The van der Waals surface area contributed by atoms with Crippen molar-refractivity contribution in [1.29, 1.82) is 0 Å². The summed E-state index contributed by atoms with van der Waals surface area (Å²) in [6.07, 6.45) is 1.22. The van der Waals surface area contributed by atoms with Crippen LogP contribution in [-0.2, 0) is 6.42 Å². The maximum absolute atomic E-state index is 13.2. The maximum Gasteiger partial charge on any atom is 0.231 e. The minimum atomic E-state index is -0.0538. The van der Waals surface area contributed by atoms with E-state index >= 15 is 0 Å². The van der Waals surface area contributed by atoms with E-state index in [4.69, 9.17) is 18.6 Å². The summed E-state index contributed by atoms with van der Waals surface area (Å²) >= 11 is 3.44. The van der Waals surface area contributed by atoms with E-state index in [0.717, 1.165) is 34.1 Å². The minimum absolute atomic E-state index is 0.0275. The summed E-state index contributed by atoms with van der Waals surface area (Å²) in [5, 5.41) is 0. The van der Waals surface area contributed by atoms with Crippen molar-refractivity contribution in [3.05, 3.63) is 63.8 Å². The molecule has 6 nitrogen and oxygen atoms in total. The predicted molar refractivity (Wildman–Crippen MR) is 118 cm³/mol.